The van der Waals surface area contributed by atoms with Gasteiger partial charge in [0.15, 0.2) is 0 Å². The van der Waals surface area contributed by atoms with Crippen LogP contribution in [0.5, 0.6) is 5.88 Å². The van der Waals surface area contributed by atoms with Crippen LogP contribution in [0.3, 0.4) is 0 Å². The van der Waals surface area contributed by atoms with Gasteiger partial charge >= 0.3 is 0 Å². The van der Waals surface area contributed by atoms with Crippen LogP contribution in [0.25, 0.3) is 10.2 Å². The molecular formula is C13H17ClN2O2S. The minimum Gasteiger partial charge on any atom is -0.475 e. The fourth-order valence-electron chi connectivity index (χ4n) is 1.63. The quantitative estimate of drug-likeness (QED) is 0.602. The van der Waals surface area contributed by atoms with Gasteiger partial charge in [-0.25, -0.2) is 4.98 Å². The highest BCUT2D eigenvalue weighted by Crippen LogP contribution is 2.31. The predicted molar refractivity (Wildman–Crippen MR) is 78.4 cm³/mol. The van der Waals surface area contributed by atoms with Crippen molar-refractivity contribution >= 4 is 33.2 Å². The van der Waals surface area contributed by atoms with Crippen molar-refractivity contribution in [3.05, 3.63) is 16.2 Å². The summed E-state index contributed by atoms with van der Waals surface area (Å²) < 4.78 is 11.1. The van der Waals surface area contributed by atoms with Gasteiger partial charge < -0.3 is 9.47 Å². The molecule has 0 radical (unpaired) electrons. The summed E-state index contributed by atoms with van der Waals surface area (Å²) in [6.07, 6.45) is 1.17. The van der Waals surface area contributed by atoms with Crippen LogP contribution < -0.4 is 4.74 Å². The van der Waals surface area contributed by atoms with E-state index in [9.17, 15) is 0 Å². The molecule has 0 fully saturated rings. The maximum Gasteiger partial charge on any atom is 0.227 e. The van der Waals surface area contributed by atoms with E-state index in [0.29, 0.717) is 19.1 Å². The summed E-state index contributed by atoms with van der Waals surface area (Å²) in [5, 5.41) is 1.15. The molecule has 0 amide bonds. The molecule has 4 nitrogen and oxygen atoms in total. The Labute approximate surface area is 121 Å². The monoisotopic (exact) mass is 300 g/mol. The van der Waals surface area contributed by atoms with E-state index in [1.54, 1.807) is 11.3 Å². The van der Waals surface area contributed by atoms with E-state index >= 15 is 0 Å². The standard InChI is InChI=1S/C13H17ClN2O2S/c1-4-9-7-10-11(18-6-5-17-8(2)3)15-13(14)16-12(10)19-9/h7-8H,4-6H2,1-3H3. The summed E-state index contributed by atoms with van der Waals surface area (Å²) in [6, 6.07) is 2.06. The third-order valence-corrected chi connectivity index (χ3v) is 3.85. The van der Waals surface area contributed by atoms with E-state index in [0.717, 1.165) is 16.6 Å². The van der Waals surface area contributed by atoms with Gasteiger partial charge in [-0.3, -0.25) is 0 Å². The molecule has 0 aliphatic carbocycles. The zero-order valence-corrected chi connectivity index (χ0v) is 12.8. The molecule has 2 heterocycles. The number of aromatic nitrogens is 2. The number of ether oxygens (including phenoxy) is 2. The Bertz CT molecular complexity index is 557. The van der Waals surface area contributed by atoms with Crippen molar-refractivity contribution in [2.24, 2.45) is 0 Å². The Kier molecular flexibility index (Phi) is 4.96. The average molecular weight is 301 g/mol. The maximum absolute atomic E-state index is 5.91. The lowest BCUT2D eigenvalue weighted by atomic mass is 10.3. The first kappa shape index (κ1) is 14.5. The molecule has 0 aliphatic rings. The second kappa shape index (κ2) is 6.50. The molecule has 0 spiro atoms. The van der Waals surface area contributed by atoms with E-state index in [-0.39, 0.29) is 11.4 Å². The highest BCUT2D eigenvalue weighted by atomic mass is 35.5. The fraction of sp³-hybridized carbons (Fsp3) is 0.538. The van der Waals surface area contributed by atoms with Gasteiger partial charge in [-0.2, -0.15) is 4.98 Å². The second-order valence-corrected chi connectivity index (χ2v) is 5.80. The molecule has 104 valence electrons. The summed E-state index contributed by atoms with van der Waals surface area (Å²) in [6.45, 7) is 7.08. The number of halogens is 1. The number of thiophene rings is 1. The van der Waals surface area contributed by atoms with Crippen molar-refractivity contribution in [1.29, 1.82) is 0 Å². The number of aryl methyl sites for hydroxylation is 1. The second-order valence-electron chi connectivity index (χ2n) is 4.35. The first-order chi connectivity index (χ1) is 9.10. The molecule has 0 saturated heterocycles. The summed E-state index contributed by atoms with van der Waals surface area (Å²) in [7, 11) is 0. The van der Waals surface area contributed by atoms with Crippen molar-refractivity contribution in [3.63, 3.8) is 0 Å². The Hall–Kier alpha value is -0.910. The van der Waals surface area contributed by atoms with Crippen LogP contribution >= 0.6 is 22.9 Å². The molecule has 6 heteroatoms. The van der Waals surface area contributed by atoms with Crippen LogP contribution in [0.15, 0.2) is 6.07 Å². The van der Waals surface area contributed by atoms with Crippen LogP contribution in [0.1, 0.15) is 25.6 Å². The highest BCUT2D eigenvalue weighted by Gasteiger charge is 2.11. The van der Waals surface area contributed by atoms with Crippen molar-refractivity contribution < 1.29 is 9.47 Å². The summed E-state index contributed by atoms with van der Waals surface area (Å²) >= 11 is 7.54. The lowest BCUT2D eigenvalue weighted by Crippen LogP contribution is -2.12. The number of hydrogen-bond donors (Lipinski definition) is 0. The Balaban J connectivity index is 2.14. The SMILES string of the molecule is CCc1cc2c(OCCOC(C)C)nc(Cl)nc2s1. The Morgan fingerprint density at radius 1 is 1.32 bits per heavy atom. The lowest BCUT2D eigenvalue weighted by Gasteiger charge is -2.09. The molecular weight excluding hydrogens is 284 g/mol. The van der Waals surface area contributed by atoms with Gasteiger partial charge in [0.25, 0.3) is 0 Å². The van der Waals surface area contributed by atoms with Crippen LogP contribution in [-0.4, -0.2) is 29.3 Å². The average Bonchev–Trinajstić information content (AvgIpc) is 2.77. The maximum atomic E-state index is 5.91. The van der Waals surface area contributed by atoms with Gasteiger partial charge in [-0.15, -0.1) is 11.3 Å². The topological polar surface area (TPSA) is 44.2 Å². The minimum absolute atomic E-state index is 0.199. The molecule has 0 aliphatic heterocycles. The van der Waals surface area contributed by atoms with Crippen LogP contribution in [-0.2, 0) is 11.2 Å². The third-order valence-electron chi connectivity index (χ3n) is 2.50. The number of rotatable bonds is 6. The highest BCUT2D eigenvalue weighted by molar-refractivity contribution is 7.18. The molecule has 19 heavy (non-hydrogen) atoms. The fourth-order valence-corrected chi connectivity index (χ4v) is 2.80. The van der Waals surface area contributed by atoms with Crippen molar-refractivity contribution in [2.75, 3.05) is 13.2 Å². The largest absolute Gasteiger partial charge is 0.475 e. The van der Waals surface area contributed by atoms with Gasteiger partial charge in [0.05, 0.1) is 18.1 Å². The Morgan fingerprint density at radius 3 is 2.79 bits per heavy atom. The molecule has 0 bridgehead atoms. The van der Waals surface area contributed by atoms with Gasteiger partial charge in [0.2, 0.25) is 11.2 Å². The molecule has 0 N–H and O–H groups in total. The van der Waals surface area contributed by atoms with Crippen molar-refractivity contribution in [3.8, 4) is 5.88 Å². The normalized spacial score (nSPS) is 11.4. The molecule has 2 rings (SSSR count). The zero-order chi connectivity index (χ0) is 13.8. The number of fused-ring (bicyclic) bond motifs is 1. The molecule has 2 aromatic rings. The van der Waals surface area contributed by atoms with E-state index < -0.39 is 0 Å². The van der Waals surface area contributed by atoms with Crippen molar-refractivity contribution in [2.45, 2.75) is 33.3 Å². The van der Waals surface area contributed by atoms with E-state index in [4.69, 9.17) is 21.1 Å². The predicted octanol–water partition coefficient (Wildman–Crippen LogP) is 3.71. The van der Waals surface area contributed by atoms with Crippen LogP contribution in [0.2, 0.25) is 5.28 Å². The van der Waals surface area contributed by atoms with Gasteiger partial charge in [-0.1, -0.05) is 6.92 Å². The first-order valence-corrected chi connectivity index (χ1v) is 7.50. The molecule has 2 aromatic heterocycles. The zero-order valence-electron chi connectivity index (χ0n) is 11.3. The van der Waals surface area contributed by atoms with Gasteiger partial charge in [0.1, 0.15) is 11.4 Å². The number of nitrogens with zero attached hydrogens (tertiary/aromatic N) is 2. The smallest absolute Gasteiger partial charge is 0.227 e. The molecule has 0 saturated carbocycles. The molecule has 0 unspecified atom stereocenters. The van der Waals surface area contributed by atoms with E-state index in [2.05, 4.69) is 23.0 Å². The van der Waals surface area contributed by atoms with E-state index in [1.807, 2.05) is 13.8 Å². The molecule has 0 atom stereocenters. The van der Waals surface area contributed by atoms with Gasteiger partial charge in [-0.05, 0) is 37.9 Å². The van der Waals surface area contributed by atoms with Gasteiger partial charge in [0, 0.05) is 4.88 Å². The summed E-state index contributed by atoms with van der Waals surface area (Å²) in [5.74, 6) is 0.540. The van der Waals surface area contributed by atoms with E-state index in [1.165, 1.54) is 4.88 Å². The van der Waals surface area contributed by atoms with Crippen molar-refractivity contribution in [1.82, 2.24) is 9.97 Å². The summed E-state index contributed by atoms with van der Waals surface area (Å²) in [4.78, 5) is 10.5. The molecule has 0 aromatic carbocycles. The summed E-state index contributed by atoms with van der Waals surface area (Å²) in [5.41, 5.74) is 0. The lowest BCUT2D eigenvalue weighted by molar-refractivity contribution is 0.0546. The minimum atomic E-state index is 0.199. The van der Waals surface area contributed by atoms with Crippen LogP contribution in [0.4, 0.5) is 0 Å². The first-order valence-electron chi connectivity index (χ1n) is 6.30. The van der Waals surface area contributed by atoms with Crippen LogP contribution in [0, 0.1) is 0 Å². The third kappa shape index (κ3) is 3.78. The Morgan fingerprint density at radius 2 is 2.11 bits per heavy atom. The number of hydrogen-bond acceptors (Lipinski definition) is 5.